The molecule has 3 heterocycles. The summed E-state index contributed by atoms with van der Waals surface area (Å²) >= 11 is 0. The monoisotopic (exact) mass is 377 g/mol. The van der Waals surface area contributed by atoms with Crippen LogP contribution >= 0.6 is 0 Å². The minimum atomic E-state index is -1.19. The second-order valence-electron chi connectivity index (χ2n) is 7.59. The number of carbonyl (C=O) groups is 1. The van der Waals surface area contributed by atoms with Gasteiger partial charge < -0.3 is 18.8 Å². The molecule has 0 atom stereocenters. The lowest BCUT2D eigenvalue weighted by Crippen LogP contribution is -2.46. The summed E-state index contributed by atoms with van der Waals surface area (Å²) in [5.41, 5.74) is 3.87. The third-order valence-electron chi connectivity index (χ3n) is 6.13. The second-order valence-corrected chi connectivity index (χ2v) is 7.59. The Kier molecular flexibility index (Phi) is 3.53. The Morgan fingerprint density at radius 3 is 2.68 bits per heavy atom. The van der Waals surface area contributed by atoms with Gasteiger partial charge in [-0.15, -0.1) is 0 Å². The number of aromatic carboxylic acids is 1. The molecular weight excluding hydrogens is 358 g/mol. The standard InChI is InChI=1S/C22H19NO5/c1-27-20-8-15-14(7-16(20)13-3-6-28-12-13)10-22(4-2-5-22)23-11-17(21(25)26)19(24)9-18(15)23/h3,6-9,11-12H,2,4-5,10H2,1H3,(H,25,26). The highest BCUT2D eigenvalue weighted by Crippen LogP contribution is 2.50. The van der Waals surface area contributed by atoms with Crippen molar-refractivity contribution >= 4 is 5.97 Å². The molecule has 1 saturated carbocycles. The maximum absolute atomic E-state index is 12.4. The lowest BCUT2D eigenvalue weighted by Gasteiger charge is -2.48. The molecule has 5 rings (SSSR count). The van der Waals surface area contributed by atoms with Gasteiger partial charge in [0, 0.05) is 34.5 Å². The van der Waals surface area contributed by atoms with Crippen LogP contribution in [-0.2, 0) is 12.0 Å². The molecule has 0 unspecified atom stereocenters. The molecule has 1 aromatic carbocycles. The number of methoxy groups -OCH3 is 1. The number of benzene rings is 1. The van der Waals surface area contributed by atoms with Crippen molar-refractivity contribution in [2.45, 2.75) is 31.2 Å². The van der Waals surface area contributed by atoms with Crippen molar-refractivity contribution in [2.75, 3.05) is 7.11 Å². The summed E-state index contributed by atoms with van der Waals surface area (Å²) in [4.78, 5) is 23.9. The van der Waals surface area contributed by atoms with E-state index in [-0.39, 0.29) is 11.1 Å². The van der Waals surface area contributed by atoms with Gasteiger partial charge in [-0.3, -0.25) is 4.79 Å². The average Bonchev–Trinajstić information content (AvgIpc) is 3.18. The highest BCUT2D eigenvalue weighted by atomic mass is 16.5. The highest BCUT2D eigenvalue weighted by Gasteiger charge is 2.43. The number of aromatic nitrogens is 1. The highest BCUT2D eigenvalue weighted by molar-refractivity contribution is 5.88. The van der Waals surface area contributed by atoms with Gasteiger partial charge in [0.2, 0.25) is 0 Å². The number of ether oxygens (including phenoxy) is 1. The Labute approximate surface area is 161 Å². The number of rotatable bonds is 3. The zero-order chi connectivity index (χ0) is 19.5. The van der Waals surface area contributed by atoms with Gasteiger partial charge in [0.05, 0.1) is 25.3 Å². The summed E-state index contributed by atoms with van der Waals surface area (Å²) in [6, 6.07) is 7.40. The Morgan fingerprint density at radius 1 is 1.25 bits per heavy atom. The first kappa shape index (κ1) is 16.9. The molecule has 0 radical (unpaired) electrons. The van der Waals surface area contributed by atoms with E-state index in [1.54, 1.807) is 19.6 Å². The number of carboxylic acid groups (broad SMARTS) is 1. The van der Waals surface area contributed by atoms with Crippen molar-refractivity contribution in [3.8, 4) is 28.1 Å². The molecule has 6 heteroatoms. The predicted molar refractivity (Wildman–Crippen MR) is 103 cm³/mol. The average molecular weight is 377 g/mol. The molecule has 2 aliphatic rings. The number of carboxylic acids is 1. The SMILES string of the molecule is COc1cc2c(cc1-c1ccoc1)CC1(CCC1)n1cc(C(=O)O)c(=O)cc1-2. The summed E-state index contributed by atoms with van der Waals surface area (Å²) < 4.78 is 12.9. The van der Waals surface area contributed by atoms with Crippen LogP contribution in [-0.4, -0.2) is 22.8 Å². The Morgan fingerprint density at radius 2 is 2.07 bits per heavy atom. The molecule has 0 bridgehead atoms. The molecule has 1 aliphatic heterocycles. The summed E-state index contributed by atoms with van der Waals surface area (Å²) in [7, 11) is 1.61. The fourth-order valence-corrected chi connectivity index (χ4v) is 4.56. The van der Waals surface area contributed by atoms with Gasteiger partial charge in [0.15, 0.2) is 5.43 Å². The first-order valence-electron chi connectivity index (χ1n) is 9.27. The molecule has 3 aromatic rings. The van der Waals surface area contributed by atoms with E-state index in [1.165, 1.54) is 12.3 Å². The molecule has 1 spiro atoms. The van der Waals surface area contributed by atoms with Crippen LogP contribution in [0.1, 0.15) is 35.2 Å². The minimum Gasteiger partial charge on any atom is -0.496 e. The largest absolute Gasteiger partial charge is 0.496 e. The zero-order valence-corrected chi connectivity index (χ0v) is 15.4. The maximum atomic E-state index is 12.4. The van der Waals surface area contributed by atoms with Gasteiger partial charge in [-0.25, -0.2) is 4.79 Å². The number of pyridine rings is 1. The number of hydrogen-bond donors (Lipinski definition) is 1. The molecule has 1 aliphatic carbocycles. The quantitative estimate of drug-likeness (QED) is 0.748. The molecule has 0 saturated heterocycles. The first-order valence-corrected chi connectivity index (χ1v) is 9.27. The van der Waals surface area contributed by atoms with E-state index in [4.69, 9.17) is 9.15 Å². The zero-order valence-electron chi connectivity index (χ0n) is 15.4. The van der Waals surface area contributed by atoms with E-state index in [1.807, 2.05) is 16.7 Å². The van der Waals surface area contributed by atoms with Gasteiger partial charge in [-0.2, -0.15) is 0 Å². The van der Waals surface area contributed by atoms with Crippen LogP contribution in [0.2, 0.25) is 0 Å². The third-order valence-corrected chi connectivity index (χ3v) is 6.13. The van der Waals surface area contributed by atoms with Gasteiger partial charge in [-0.05, 0) is 49.4 Å². The van der Waals surface area contributed by atoms with Crippen LogP contribution in [0.15, 0.2) is 52.2 Å². The van der Waals surface area contributed by atoms with E-state index in [0.717, 1.165) is 53.6 Å². The van der Waals surface area contributed by atoms with Crippen molar-refractivity contribution < 1.29 is 19.1 Å². The number of fused-ring (bicyclic) bond motifs is 4. The van der Waals surface area contributed by atoms with E-state index in [9.17, 15) is 14.7 Å². The van der Waals surface area contributed by atoms with E-state index < -0.39 is 11.4 Å². The summed E-state index contributed by atoms with van der Waals surface area (Å²) in [5, 5.41) is 9.41. The fraction of sp³-hybridized carbons (Fsp3) is 0.273. The molecule has 0 amide bonds. The number of hydrogen-bond acceptors (Lipinski definition) is 4. The van der Waals surface area contributed by atoms with Gasteiger partial charge >= 0.3 is 5.97 Å². The van der Waals surface area contributed by atoms with Crippen LogP contribution < -0.4 is 10.2 Å². The van der Waals surface area contributed by atoms with Crippen molar-refractivity contribution in [1.82, 2.24) is 4.57 Å². The van der Waals surface area contributed by atoms with Gasteiger partial charge in [-0.1, -0.05) is 0 Å². The van der Waals surface area contributed by atoms with Crippen LogP contribution in [0, 0.1) is 0 Å². The van der Waals surface area contributed by atoms with Gasteiger partial charge in [0.25, 0.3) is 0 Å². The molecule has 1 fully saturated rings. The van der Waals surface area contributed by atoms with Crippen molar-refractivity contribution in [3.63, 3.8) is 0 Å². The summed E-state index contributed by atoms with van der Waals surface area (Å²) in [5.74, 6) is -0.500. The smallest absolute Gasteiger partial charge is 0.341 e. The Bertz CT molecular complexity index is 1150. The van der Waals surface area contributed by atoms with Gasteiger partial charge in [0.1, 0.15) is 11.3 Å². The van der Waals surface area contributed by atoms with E-state index in [0.29, 0.717) is 5.75 Å². The first-order chi connectivity index (χ1) is 13.5. The van der Waals surface area contributed by atoms with Crippen LogP contribution in [0.5, 0.6) is 5.75 Å². The maximum Gasteiger partial charge on any atom is 0.341 e. The van der Waals surface area contributed by atoms with Crippen LogP contribution in [0.25, 0.3) is 22.4 Å². The molecule has 142 valence electrons. The fourth-order valence-electron chi connectivity index (χ4n) is 4.56. The second kappa shape index (κ2) is 5.86. The minimum absolute atomic E-state index is 0.164. The normalized spacial score (nSPS) is 16.2. The van der Waals surface area contributed by atoms with Crippen LogP contribution in [0.3, 0.4) is 0 Å². The number of furan rings is 1. The van der Waals surface area contributed by atoms with Crippen LogP contribution in [0.4, 0.5) is 0 Å². The lowest BCUT2D eigenvalue weighted by atomic mass is 9.69. The molecule has 6 nitrogen and oxygen atoms in total. The van der Waals surface area contributed by atoms with Crippen molar-refractivity contribution in [1.29, 1.82) is 0 Å². The topological polar surface area (TPSA) is 81.7 Å². The van der Waals surface area contributed by atoms with E-state index in [2.05, 4.69) is 6.07 Å². The summed E-state index contributed by atoms with van der Waals surface area (Å²) in [6.07, 6.45) is 8.66. The molecular formula is C22H19NO5. The molecule has 28 heavy (non-hydrogen) atoms. The summed E-state index contributed by atoms with van der Waals surface area (Å²) in [6.45, 7) is 0. The predicted octanol–water partition coefficient (Wildman–Crippen LogP) is 3.92. The van der Waals surface area contributed by atoms with E-state index >= 15 is 0 Å². The Balaban J connectivity index is 1.78. The van der Waals surface area contributed by atoms with Crippen molar-refractivity contribution in [3.05, 3.63) is 64.3 Å². The lowest BCUT2D eigenvalue weighted by molar-refractivity contribution is 0.0691. The third kappa shape index (κ3) is 2.27. The van der Waals surface area contributed by atoms with Crippen molar-refractivity contribution in [2.24, 2.45) is 0 Å². The number of nitrogens with zero attached hydrogens (tertiary/aromatic N) is 1. The molecule has 2 aromatic heterocycles. The molecule has 1 N–H and O–H groups in total. The Hall–Kier alpha value is -3.28.